The standard InChI is InChI=1S/C16H18N2O3/c1-10-8-15(12(3)21-10)16(19)18-17-11(2)13-6-5-7-14(9-13)20-4/h5-9H,1-4H3,(H,18,19)/b17-11-. The first kappa shape index (κ1) is 14.8. The van der Waals surface area contributed by atoms with Crippen LogP contribution < -0.4 is 10.2 Å². The average Bonchev–Trinajstić information content (AvgIpc) is 2.83. The van der Waals surface area contributed by atoms with Gasteiger partial charge in [-0.3, -0.25) is 4.79 Å². The van der Waals surface area contributed by atoms with Gasteiger partial charge >= 0.3 is 0 Å². The van der Waals surface area contributed by atoms with Crippen LogP contribution in [0.25, 0.3) is 0 Å². The van der Waals surface area contributed by atoms with E-state index in [9.17, 15) is 4.79 Å². The molecule has 5 heteroatoms. The molecule has 0 radical (unpaired) electrons. The van der Waals surface area contributed by atoms with Crippen LogP contribution in [0.2, 0.25) is 0 Å². The summed E-state index contributed by atoms with van der Waals surface area (Å²) >= 11 is 0. The fraction of sp³-hybridized carbons (Fsp3) is 0.250. The molecule has 21 heavy (non-hydrogen) atoms. The predicted octanol–water partition coefficient (Wildman–Crippen LogP) is 3.06. The van der Waals surface area contributed by atoms with Gasteiger partial charge in [-0.15, -0.1) is 0 Å². The van der Waals surface area contributed by atoms with Gasteiger partial charge in [-0.1, -0.05) is 12.1 Å². The Morgan fingerprint density at radius 2 is 2.05 bits per heavy atom. The number of ether oxygens (including phenoxy) is 1. The lowest BCUT2D eigenvalue weighted by atomic mass is 10.1. The summed E-state index contributed by atoms with van der Waals surface area (Å²) in [6, 6.07) is 9.19. The minimum atomic E-state index is -0.286. The number of carbonyl (C=O) groups excluding carboxylic acids is 1. The smallest absolute Gasteiger partial charge is 0.274 e. The van der Waals surface area contributed by atoms with Gasteiger partial charge in [-0.05, 0) is 39.0 Å². The number of methoxy groups -OCH3 is 1. The van der Waals surface area contributed by atoms with Crippen molar-refractivity contribution < 1.29 is 13.9 Å². The second-order valence-corrected chi connectivity index (χ2v) is 4.70. The molecule has 1 aromatic heterocycles. The first-order valence-corrected chi connectivity index (χ1v) is 6.57. The summed E-state index contributed by atoms with van der Waals surface area (Å²) in [5.74, 6) is 1.74. The number of carbonyl (C=O) groups is 1. The molecule has 0 aliphatic rings. The zero-order valence-electron chi connectivity index (χ0n) is 12.6. The van der Waals surface area contributed by atoms with Crippen molar-refractivity contribution in [3.8, 4) is 5.75 Å². The normalized spacial score (nSPS) is 11.3. The molecule has 0 unspecified atom stereocenters. The van der Waals surface area contributed by atoms with Gasteiger partial charge in [-0.2, -0.15) is 5.10 Å². The highest BCUT2D eigenvalue weighted by Crippen LogP contribution is 2.14. The Morgan fingerprint density at radius 3 is 2.67 bits per heavy atom. The third-order valence-corrected chi connectivity index (χ3v) is 3.10. The molecule has 0 aliphatic carbocycles. The highest BCUT2D eigenvalue weighted by atomic mass is 16.5. The quantitative estimate of drug-likeness (QED) is 0.694. The topological polar surface area (TPSA) is 63.8 Å². The number of benzene rings is 1. The molecule has 0 spiro atoms. The first-order valence-electron chi connectivity index (χ1n) is 6.57. The van der Waals surface area contributed by atoms with Crippen LogP contribution in [0.4, 0.5) is 0 Å². The van der Waals surface area contributed by atoms with Crippen molar-refractivity contribution in [2.24, 2.45) is 5.10 Å². The van der Waals surface area contributed by atoms with Gasteiger partial charge in [0.1, 0.15) is 17.3 Å². The molecule has 0 bridgehead atoms. The zero-order valence-corrected chi connectivity index (χ0v) is 12.6. The maximum absolute atomic E-state index is 12.0. The van der Waals surface area contributed by atoms with Gasteiger partial charge in [0.25, 0.3) is 5.91 Å². The van der Waals surface area contributed by atoms with Crippen LogP contribution in [0, 0.1) is 13.8 Å². The van der Waals surface area contributed by atoms with Crippen LogP contribution >= 0.6 is 0 Å². The van der Waals surface area contributed by atoms with Crippen molar-refractivity contribution in [1.82, 2.24) is 5.43 Å². The van der Waals surface area contributed by atoms with E-state index in [1.807, 2.05) is 31.2 Å². The van der Waals surface area contributed by atoms with Gasteiger partial charge in [0.05, 0.1) is 18.4 Å². The monoisotopic (exact) mass is 286 g/mol. The number of rotatable bonds is 4. The van der Waals surface area contributed by atoms with E-state index in [1.54, 1.807) is 27.0 Å². The second-order valence-electron chi connectivity index (χ2n) is 4.70. The summed E-state index contributed by atoms with van der Waals surface area (Å²) in [7, 11) is 1.61. The Kier molecular flexibility index (Phi) is 4.42. The van der Waals surface area contributed by atoms with Gasteiger partial charge in [0, 0.05) is 5.56 Å². The van der Waals surface area contributed by atoms with Crippen LogP contribution in [-0.2, 0) is 0 Å². The fourth-order valence-electron chi connectivity index (χ4n) is 1.96. The SMILES string of the molecule is COc1cccc(/C(C)=N\NC(=O)c2cc(C)oc2C)c1. The van der Waals surface area contributed by atoms with Gasteiger partial charge in [0.2, 0.25) is 0 Å². The molecule has 2 rings (SSSR count). The molecule has 1 amide bonds. The summed E-state index contributed by atoms with van der Waals surface area (Å²) in [6.07, 6.45) is 0. The van der Waals surface area contributed by atoms with E-state index in [1.165, 1.54) is 0 Å². The molecule has 1 aromatic carbocycles. The average molecular weight is 286 g/mol. The first-order chi connectivity index (χ1) is 10.0. The predicted molar refractivity (Wildman–Crippen MR) is 80.9 cm³/mol. The Hall–Kier alpha value is -2.56. The lowest BCUT2D eigenvalue weighted by molar-refractivity contribution is 0.0953. The van der Waals surface area contributed by atoms with Crippen molar-refractivity contribution in [1.29, 1.82) is 0 Å². The minimum Gasteiger partial charge on any atom is -0.497 e. The lowest BCUT2D eigenvalue weighted by Crippen LogP contribution is -2.19. The van der Waals surface area contributed by atoms with Crippen LogP contribution in [-0.4, -0.2) is 18.7 Å². The molecule has 2 aromatic rings. The summed E-state index contributed by atoms with van der Waals surface area (Å²) in [6.45, 7) is 5.37. The maximum Gasteiger partial charge on any atom is 0.274 e. The Balaban J connectivity index is 2.12. The summed E-state index contributed by atoms with van der Waals surface area (Å²) in [5.41, 5.74) is 4.61. The minimum absolute atomic E-state index is 0.286. The molecule has 0 saturated carbocycles. The number of nitrogens with one attached hydrogen (secondary N) is 1. The van der Waals surface area contributed by atoms with E-state index < -0.39 is 0 Å². The number of amides is 1. The number of aryl methyl sites for hydroxylation is 2. The van der Waals surface area contributed by atoms with E-state index in [2.05, 4.69) is 10.5 Å². The molecule has 0 atom stereocenters. The molecule has 0 saturated heterocycles. The molecule has 1 N–H and O–H groups in total. The largest absolute Gasteiger partial charge is 0.497 e. The Bertz CT molecular complexity index is 687. The Labute approximate surface area is 123 Å². The Morgan fingerprint density at radius 1 is 1.29 bits per heavy atom. The molecule has 1 heterocycles. The molecule has 110 valence electrons. The van der Waals surface area contributed by atoms with Gasteiger partial charge in [0.15, 0.2) is 0 Å². The molecular formula is C16H18N2O3. The van der Waals surface area contributed by atoms with E-state index in [0.717, 1.165) is 11.3 Å². The van der Waals surface area contributed by atoms with Crippen molar-refractivity contribution in [3.63, 3.8) is 0 Å². The number of nitrogens with zero attached hydrogens (tertiary/aromatic N) is 1. The van der Waals surface area contributed by atoms with Crippen LogP contribution in [0.15, 0.2) is 39.9 Å². The third kappa shape index (κ3) is 3.51. The van der Waals surface area contributed by atoms with Crippen molar-refractivity contribution in [3.05, 3.63) is 53.0 Å². The molecule has 0 fully saturated rings. The highest BCUT2D eigenvalue weighted by Gasteiger charge is 2.12. The fourth-order valence-corrected chi connectivity index (χ4v) is 1.96. The van der Waals surface area contributed by atoms with Crippen molar-refractivity contribution >= 4 is 11.6 Å². The van der Waals surface area contributed by atoms with Crippen LogP contribution in [0.1, 0.15) is 34.4 Å². The second kappa shape index (κ2) is 6.26. The number of hydrogen-bond donors (Lipinski definition) is 1. The summed E-state index contributed by atoms with van der Waals surface area (Å²) < 4.78 is 10.5. The van der Waals surface area contributed by atoms with E-state index in [0.29, 0.717) is 22.8 Å². The van der Waals surface area contributed by atoms with Crippen LogP contribution in [0.3, 0.4) is 0 Å². The van der Waals surface area contributed by atoms with Crippen LogP contribution in [0.5, 0.6) is 5.75 Å². The molecule has 5 nitrogen and oxygen atoms in total. The van der Waals surface area contributed by atoms with E-state index in [4.69, 9.17) is 9.15 Å². The number of hydrazone groups is 1. The zero-order chi connectivity index (χ0) is 15.4. The lowest BCUT2D eigenvalue weighted by Gasteiger charge is -2.04. The van der Waals surface area contributed by atoms with Gasteiger partial charge in [-0.25, -0.2) is 5.43 Å². The molecule has 0 aliphatic heterocycles. The van der Waals surface area contributed by atoms with E-state index >= 15 is 0 Å². The molecular weight excluding hydrogens is 268 g/mol. The van der Waals surface area contributed by atoms with E-state index in [-0.39, 0.29) is 5.91 Å². The summed E-state index contributed by atoms with van der Waals surface area (Å²) in [4.78, 5) is 12.0. The van der Waals surface area contributed by atoms with Crippen molar-refractivity contribution in [2.45, 2.75) is 20.8 Å². The maximum atomic E-state index is 12.0. The number of hydrogen-bond acceptors (Lipinski definition) is 4. The highest BCUT2D eigenvalue weighted by molar-refractivity contribution is 6.01. The van der Waals surface area contributed by atoms with Gasteiger partial charge < -0.3 is 9.15 Å². The summed E-state index contributed by atoms with van der Waals surface area (Å²) in [5, 5.41) is 4.12. The van der Waals surface area contributed by atoms with Crippen molar-refractivity contribution in [2.75, 3.05) is 7.11 Å². The number of furan rings is 1. The third-order valence-electron chi connectivity index (χ3n) is 3.10.